The third-order valence-corrected chi connectivity index (χ3v) is 7.55. The molecule has 34 heavy (non-hydrogen) atoms. The number of carbonyl (C=O) groups is 1. The topological polar surface area (TPSA) is 119 Å². The number of nitrogens with one attached hydrogen (secondary N) is 3. The predicted molar refractivity (Wildman–Crippen MR) is 119 cm³/mol. The van der Waals surface area contributed by atoms with Crippen LogP contribution in [0, 0.1) is 0 Å². The minimum absolute atomic E-state index is 0.0162. The van der Waals surface area contributed by atoms with Crippen molar-refractivity contribution < 1.29 is 23.1 Å². The lowest BCUT2D eigenvalue weighted by atomic mass is 9.80. The highest BCUT2D eigenvalue weighted by atomic mass is 32.1. The zero-order chi connectivity index (χ0) is 23.9. The quantitative estimate of drug-likeness (QED) is 0.415. The van der Waals surface area contributed by atoms with Gasteiger partial charge in [0.1, 0.15) is 16.8 Å². The molecule has 3 aromatic rings. The summed E-state index contributed by atoms with van der Waals surface area (Å²) in [5.41, 5.74) is 0.320. The van der Waals surface area contributed by atoms with Crippen molar-refractivity contribution in [1.29, 1.82) is 0 Å². The number of aromatic nitrogens is 4. The fraction of sp³-hybridized carbons (Fsp3) is 0.524. The SMILES string of the molecule is O=C(CNc1n[nH]c2ccc(C(F)(F)F)nc12)NC1CN([C@H]2CC[C@@](O)(c3cncs3)CC2)C1. The van der Waals surface area contributed by atoms with Gasteiger partial charge in [0.15, 0.2) is 5.82 Å². The van der Waals surface area contributed by atoms with Crippen LogP contribution in [0.2, 0.25) is 0 Å². The maximum absolute atomic E-state index is 12.9. The molecule has 4 N–H and O–H groups in total. The molecule has 9 nitrogen and oxygen atoms in total. The number of alkyl halides is 3. The van der Waals surface area contributed by atoms with Crippen LogP contribution >= 0.6 is 11.3 Å². The predicted octanol–water partition coefficient (Wildman–Crippen LogP) is 2.48. The molecular weight excluding hydrogens is 471 g/mol. The number of pyridine rings is 1. The first-order valence-electron chi connectivity index (χ1n) is 11.0. The van der Waals surface area contributed by atoms with Gasteiger partial charge in [0.2, 0.25) is 5.91 Å². The first-order chi connectivity index (χ1) is 16.2. The van der Waals surface area contributed by atoms with Gasteiger partial charge in [-0.1, -0.05) is 0 Å². The largest absolute Gasteiger partial charge is 0.433 e. The molecule has 4 heterocycles. The van der Waals surface area contributed by atoms with E-state index >= 15 is 0 Å². The van der Waals surface area contributed by atoms with Crippen molar-refractivity contribution in [2.45, 2.75) is 49.5 Å². The molecule has 0 unspecified atom stereocenters. The fourth-order valence-electron chi connectivity index (χ4n) is 4.66. The average Bonchev–Trinajstić information content (AvgIpc) is 3.45. The second kappa shape index (κ2) is 8.78. The molecular formula is C21H24F3N7O2S. The minimum Gasteiger partial charge on any atom is -0.384 e. The van der Waals surface area contributed by atoms with Gasteiger partial charge in [-0.15, -0.1) is 11.3 Å². The third kappa shape index (κ3) is 4.59. The Balaban J connectivity index is 1.08. The highest BCUT2D eigenvalue weighted by Crippen LogP contribution is 2.40. The number of aliphatic hydroxyl groups is 1. The molecule has 0 aromatic carbocycles. The maximum atomic E-state index is 12.9. The van der Waals surface area contributed by atoms with E-state index in [-0.39, 0.29) is 29.8 Å². The molecule has 0 spiro atoms. The van der Waals surface area contributed by atoms with E-state index < -0.39 is 17.5 Å². The van der Waals surface area contributed by atoms with Gasteiger partial charge in [-0.2, -0.15) is 18.3 Å². The standard InChI is InChI=1S/C21H24F3N7O2S/c22-21(23,24)15-2-1-14-18(28-15)19(30-29-14)26-8-17(32)27-12-9-31(10-12)13-3-5-20(33,6-4-13)16-7-25-11-34-16/h1-2,7,11-13,33H,3-6,8-10H2,(H,27,32)(H2,26,29,30)/t13-,20-. The van der Waals surface area contributed by atoms with Crippen LogP contribution in [-0.4, -0.2) is 67.8 Å². The van der Waals surface area contributed by atoms with Crippen LogP contribution in [-0.2, 0) is 16.6 Å². The van der Waals surface area contributed by atoms with Crippen LogP contribution in [0.15, 0.2) is 23.8 Å². The highest BCUT2D eigenvalue weighted by molar-refractivity contribution is 7.09. The number of hydrogen-bond donors (Lipinski definition) is 4. The van der Waals surface area contributed by atoms with Gasteiger partial charge in [0.25, 0.3) is 0 Å². The Hall–Kier alpha value is -2.77. The van der Waals surface area contributed by atoms with Gasteiger partial charge in [0, 0.05) is 25.3 Å². The van der Waals surface area contributed by atoms with Crippen LogP contribution in [0.1, 0.15) is 36.3 Å². The summed E-state index contributed by atoms with van der Waals surface area (Å²) < 4.78 is 38.8. The fourth-order valence-corrected chi connectivity index (χ4v) is 5.44. The molecule has 182 valence electrons. The van der Waals surface area contributed by atoms with Crippen LogP contribution in [0.3, 0.4) is 0 Å². The number of fused-ring (bicyclic) bond motifs is 1. The Kier molecular flexibility index (Phi) is 5.94. The molecule has 1 saturated carbocycles. The van der Waals surface area contributed by atoms with Crippen molar-refractivity contribution in [3.8, 4) is 0 Å². The number of rotatable bonds is 6. The molecule has 0 bridgehead atoms. The number of amides is 1. The summed E-state index contributed by atoms with van der Waals surface area (Å²) in [5.74, 6) is -0.168. The van der Waals surface area contributed by atoms with E-state index in [1.807, 2.05) is 0 Å². The Bertz CT molecular complexity index is 1150. The van der Waals surface area contributed by atoms with Crippen LogP contribution in [0.5, 0.6) is 0 Å². The number of anilines is 1. The molecule has 13 heteroatoms. The zero-order valence-corrected chi connectivity index (χ0v) is 18.9. The lowest BCUT2D eigenvalue weighted by Crippen LogP contribution is -2.63. The average molecular weight is 496 g/mol. The molecule has 2 aliphatic rings. The summed E-state index contributed by atoms with van der Waals surface area (Å²) in [6, 6.07) is 2.53. The zero-order valence-electron chi connectivity index (χ0n) is 18.1. The molecule has 3 aromatic heterocycles. The molecule has 1 saturated heterocycles. The van der Waals surface area contributed by atoms with Crippen molar-refractivity contribution >= 4 is 34.1 Å². The second-order valence-electron chi connectivity index (χ2n) is 8.86. The monoisotopic (exact) mass is 495 g/mol. The van der Waals surface area contributed by atoms with Gasteiger partial charge >= 0.3 is 6.18 Å². The first kappa shape index (κ1) is 23.0. The van der Waals surface area contributed by atoms with Gasteiger partial charge in [-0.25, -0.2) is 4.98 Å². The van der Waals surface area contributed by atoms with E-state index in [1.165, 1.54) is 17.4 Å². The molecule has 0 atom stereocenters. The van der Waals surface area contributed by atoms with Crippen LogP contribution in [0.25, 0.3) is 11.0 Å². The molecule has 0 radical (unpaired) electrons. The number of hydrogen-bond acceptors (Lipinski definition) is 8. The van der Waals surface area contributed by atoms with Crippen molar-refractivity contribution in [3.05, 3.63) is 34.4 Å². The summed E-state index contributed by atoms with van der Waals surface area (Å²) in [7, 11) is 0. The Morgan fingerprint density at radius 2 is 2.06 bits per heavy atom. The number of carbonyl (C=O) groups excluding carboxylic acids is 1. The second-order valence-corrected chi connectivity index (χ2v) is 9.75. The normalized spacial score (nSPS) is 24.2. The summed E-state index contributed by atoms with van der Waals surface area (Å²) >= 11 is 1.48. The van der Waals surface area contributed by atoms with Gasteiger partial charge < -0.3 is 15.7 Å². The molecule has 1 aliphatic heterocycles. The minimum atomic E-state index is -4.56. The van der Waals surface area contributed by atoms with E-state index in [1.54, 1.807) is 11.7 Å². The summed E-state index contributed by atoms with van der Waals surface area (Å²) in [6.45, 7) is 1.34. The highest BCUT2D eigenvalue weighted by Gasteiger charge is 2.41. The van der Waals surface area contributed by atoms with Crippen LogP contribution in [0.4, 0.5) is 19.0 Å². The molecule has 2 fully saturated rings. The Morgan fingerprint density at radius 3 is 2.74 bits per heavy atom. The lowest BCUT2D eigenvalue weighted by molar-refractivity contribution is -0.141. The number of aromatic amines is 1. The molecule has 1 aliphatic carbocycles. The third-order valence-electron chi connectivity index (χ3n) is 6.58. The van der Waals surface area contributed by atoms with E-state index in [9.17, 15) is 23.1 Å². The number of likely N-dealkylation sites (tertiary alicyclic amines) is 1. The van der Waals surface area contributed by atoms with Crippen molar-refractivity contribution in [2.24, 2.45) is 0 Å². The smallest absolute Gasteiger partial charge is 0.384 e. The summed E-state index contributed by atoms with van der Waals surface area (Å²) in [4.78, 5) is 23.3. The van der Waals surface area contributed by atoms with Gasteiger partial charge in [-0.3, -0.25) is 19.8 Å². The lowest BCUT2D eigenvalue weighted by Gasteiger charge is -2.48. The number of thiazole rings is 1. The van der Waals surface area contributed by atoms with E-state index in [2.05, 4.69) is 35.7 Å². The maximum Gasteiger partial charge on any atom is 0.433 e. The van der Waals surface area contributed by atoms with Crippen LogP contribution < -0.4 is 10.6 Å². The number of nitrogens with zero attached hydrogens (tertiary/aromatic N) is 4. The summed E-state index contributed by atoms with van der Waals surface area (Å²) in [5, 5.41) is 23.1. The first-order valence-corrected chi connectivity index (χ1v) is 11.9. The molecule has 1 amide bonds. The van der Waals surface area contributed by atoms with E-state index in [0.29, 0.717) is 24.4 Å². The number of halogens is 3. The molecule has 5 rings (SSSR count). The Morgan fingerprint density at radius 1 is 1.29 bits per heavy atom. The number of H-pyrrole nitrogens is 1. The Labute approximate surface area is 196 Å². The van der Waals surface area contributed by atoms with E-state index in [4.69, 9.17) is 0 Å². The van der Waals surface area contributed by atoms with E-state index in [0.717, 1.165) is 36.9 Å². The van der Waals surface area contributed by atoms with Crippen molar-refractivity contribution in [1.82, 2.24) is 30.4 Å². The van der Waals surface area contributed by atoms with Crippen molar-refractivity contribution in [2.75, 3.05) is 25.0 Å². The van der Waals surface area contributed by atoms with Gasteiger partial charge in [0.05, 0.1) is 28.5 Å². The van der Waals surface area contributed by atoms with Gasteiger partial charge in [-0.05, 0) is 37.8 Å². The van der Waals surface area contributed by atoms with Crippen molar-refractivity contribution in [3.63, 3.8) is 0 Å². The summed E-state index contributed by atoms with van der Waals surface area (Å²) in [6.07, 6.45) is 0.337.